The summed E-state index contributed by atoms with van der Waals surface area (Å²) in [5, 5.41) is 2.78. The Hall–Kier alpha value is -2.78. The number of sulfonamides is 1. The third-order valence-electron chi connectivity index (χ3n) is 4.24. The van der Waals surface area contributed by atoms with E-state index in [4.69, 9.17) is 0 Å². The monoisotopic (exact) mass is 387 g/mol. The summed E-state index contributed by atoms with van der Waals surface area (Å²) in [6.07, 6.45) is 3.92. The number of carbonyl (C=O) groups is 1. The van der Waals surface area contributed by atoms with Crippen molar-refractivity contribution in [3.8, 4) is 0 Å². The number of fused-ring (bicyclic) bond motifs is 1. The Morgan fingerprint density at radius 2 is 2.04 bits per heavy atom. The van der Waals surface area contributed by atoms with Gasteiger partial charge in [-0.05, 0) is 30.3 Å². The van der Waals surface area contributed by atoms with Crippen molar-refractivity contribution < 1.29 is 13.2 Å². The highest BCUT2D eigenvalue weighted by Gasteiger charge is 2.19. The fourth-order valence-electron chi connectivity index (χ4n) is 2.71. The van der Waals surface area contributed by atoms with Gasteiger partial charge in [-0.15, -0.1) is 0 Å². The molecule has 0 spiro atoms. The van der Waals surface area contributed by atoms with Crippen LogP contribution in [0.4, 0.5) is 5.69 Å². The van der Waals surface area contributed by atoms with Crippen molar-refractivity contribution in [3.63, 3.8) is 0 Å². The molecule has 0 saturated carbocycles. The number of carbonyl (C=O) groups excluding carboxylic acids is 1. The predicted molar refractivity (Wildman–Crippen MR) is 103 cm³/mol. The van der Waals surface area contributed by atoms with Gasteiger partial charge < -0.3 is 9.88 Å². The third-order valence-corrected chi connectivity index (χ3v) is 6.06. The number of hydrogen-bond donors (Lipinski definition) is 1. The summed E-state index contributed by atoms with van der Waals surface area (Å²) in [5.41, 5.74) is 2.05. The van der Waals surface area contributed by atoms with Crippen molar-refractivity contribution in [1.82, 2.24) is 18.8 Å². The molecule has 3 rings (SSSR count). The Labute approximate surface area is 157 Å². The van der Waals surface area contributed by atoms with Crippen LogP contribution in [0.5, 0.6) is 0 Å². The number of amides is 1. The van der Waals surface area contributed by atoms with Crippen LogP contribution in [0.25, 0.3) is 11.0 Å². The van der Waals surface area contributed by atoms with E-state index in [0.717, 1.165) is 5.52 Å². The summed E-state index contributed by atoms with van der Waals surface area (Å²) < 4.78 is 27.6. The Morgan fingerprint density at radius 1 is 1.26 bits per heavy atom. The second-order valence-electron chi connectivity index (χ2n) is 6.31. The Balaban J connectivity index is 1.77. The Morgan fingerprint density at radius 3 is 2.70 bits per heavy atom. The molecule has 9 heteroatoms. The molecule has 142 valence electrons. The molecule has 0 aliphatic carbocycles. The highest BCUT2D eigenvalue weighted by molar-refractivity contribution is 7.89. The van der Waals surface area contributed by atoms with Gasteiger partial charge in [0, 0.05) is 40.2 Å². The molecule has 8 nitrogen and oxygen atoms in total. The molecule has 0 fully saturated rings. The minimum absolute atomic E-state index is 0.133. The molecule has 2 heterocycles. The zero-order valence-corrected chi connectivity index (χ0v) is 16.2. The number of benzene rings is 1. The molecule has 0 bridgehead atoms. The Bertz CT molecular complexity index is 1080. The van der Waals surface area contributed by atoms with Crippen molar-refractivity contribution >= 4 is 32.7 Å². The summed E-state index contributed by atoms with van der Waals surface area (Å²) in [6, 6.07) is 8.38. The average Bonchev–Trinajstić information content (AvgIpc) is 2.96. The van der Waals surface area contributed by atoms with Crippen LogP contribution in [-0.4, -0.2) is 47.3 Å². The van der Waals surface area contributed by atoms with Crippen LogP contribution < -0.4 is 5.32 Å². The lowest BCUT2D eigenvalue weighted by Crippen LogP contribution is -2.22. The van der Waals surface area contributed by atoms with Gasteiger partial charge in [0.05, 0.1) is 27.8 Å². The average molecular weight is 387 g/mol. The number of aryl methyl sites for hydroxylation is 2. The van der Waals surface area contributed by atoms with E-state index >= 15 is 0 Å². The molecule has 0 unspecified atom stereocenters. The van der Waals surface area contributed by atoms with Gasteiger partial charge in [0.15, 0.2) is 0 Å². The van der Waals surface area contributed by atoms with E-state index in [0.29, 0.717) is 23.4 Å². The van der Waals surface area contributed by atoms with Crippen LogP contribution >= 0.6 is 0 Å². The summed E-state index contributed by atoms with van der Waals surface area (Å²) in [7, 11) is 1.31. The molecule has 1 aromatic carbocycles. The van der Waals surface area contributed by atoms with Gasteiger partial charge in [-0.2, -0.15) is 0 Å². The molecule has 1 N–H and O–H groups in total. The van der Waals surface area contributed by atoms with Gasteiger partial charge in [-0.3, -0.25) is 9.78 Å². The van der Waals surface area contributed by atoms with Gasteiger partial charge in [0.1, 0.15) is 5.82 Å². The van der Waals surface area contributed by atoms with E-state index in [9.17, 15) is 13.2 Å². The van der Waals surface area contributed by atoms with E-state index in [1.54, 1.807) is 42.7 Å². The summed E-state index contributed by atoms with van der Waals surface area (Å²) >= 11 is 0. The highest BCUT2D eigenvalue weighted by atomic mass is 32.2. The first-order chi connectivity index (χ1) is 12.8. The largest absolute Gasteiger partial charge is 0.331 e. The molecule has 0 aliphatic rings. The van der Waals surface area contributed by atoms with E-state index in [1.807, 2.05) is 11.6 Å². The summed E-state index contributed by atoms with van der Waals surface area (Å²) in [5.74, 6) is 0.580. The highest BCUT2D eigenvalue weighted by Crippen LogP contribution is 2.22. The minimum Gasteiger partial charge on any atom is -0.331 e. The lowest BCUT2D eigenvalue weighted by atomic mass is 10.2. The van der Waals surface area contributed by atoms with Crippen molar-refractivity contribution in [2.45, 2.75) is 17.7 Å². The predicted octanol–water partition coefficient (Wildman–Crippen LogP) is 1.79. The van der Waals surface area contributed by atoms with Gasteiger partial charge in [-0.1, -0.05) is 0 Å². The molecular weight excluding hydrogens is 366 g/mol. The number of rotatable bonds is 6. The topological polar surface area (TPSA) is 97.2 Å². The number of anilines is 1. The number of aromatic nitrogens is 3. The van der Waals surface area contributed by atoms with Crippen LogP contribution in [0.1, 0.15) is 12.2 Å². The van der Waals surface area contributed by atoms with Crippen molar-refractivity contribution in [2.75, 3.05) is 19.4 Å². The van der Waals surface area contributed by atoms with Gasteiger partial charge >= 0.3 is 0 Å². The van der Waals surface area contributed by atoms with Crippen LogP contribution in [0.3, 0.4) is 0 Å². The minimum atomic E-state index is -3.52. The zero-order chi connectivity index (χ0) is 19.6. The first-order valence-corrected chi connectivity index (χ1v) is 9.81. The standard InChI is InChI=1S/C18H21N5O3S/c1-22(2)27(25,26)14-6-7-16-15(11-14)21-17(23(16)3)8-9-18(24)20-13-5-4-10-19-12-13/h4-7,10-12H,8-9H2,1-3H3,(H,20,24). The fourth-order valence-corrected chi connectivity index (χ4v) is 3.63. The second kappa shape index (κ2) is 7.45. The molecule has 3 aromatic rings. The number of imidazole rings is 1. The number of pyridine rings is 1. The van der Waals surface area contributed by atoms with E-state index in [-0.39, 0.29) is 17.2 Å². The van der Waals surface area contributed by atoms with Crippen molar-refractivity contribution in [1.29, 1.82) is 0 Å². The van der Waals surface area contributed by atoms with Crippen LogP contribution in [0.2, 0.25) is 0 Å². The van der Waals surface area contributed by atoms with Crippen molar-refractivity contribution in [2.24, 2.45) is 7.05 Å². The van der Waals surface area contributed by atoms with Crippen LogP contribution in [0.15, 0.2) is 47.6 Å². The molecule has 0 radical (unpaired) electrons. The quantitative estimate of drug-likeness (QED) is 0.695. The Kier molecular flexibility index (Phi) is 5.24. The number of nitrogens with one attached hydrogen (secondary N) is 1. The summed E-state index contributed by atoms with van der Waals surface area (Å²) in [6.45, 7) is 0. The first-order valence-electron chi connectivity index (χ1n) is 8.37. The number of hydrogen-bond acceptors (Lipinski definition) is 5. The maximum Gasteiger partial charge on any atom is 0.242 e. The maximum atomic E-state index is 12.3. The van der Waals surface area contributed by atoms with Crippen LogP contribution in [0, 0.1) is 0 Å². The van der Waals surface area contributed by atoms with E-state index < -0.39 is 10.0 Å². The first kappa shape index (κ1) is 19.0. The van der Waals surface area contributed by atoms with Crippen LogP contribution in [-0.2, 0) is 28.3 Å². The van der Waals surface area contributed by atoms with E-state index in [2.05, 4.69) is 15.3 Å². The lowest BCUT2D eigenvalue weighted by molar-refractivity contribution is -0.116. The normalized spacial score (nSPS) is 11.9. The molecular formula is C18H21N5O3S. The summed E-state index contributed by atoms with van der Waals surface area (Å²) in [4.78, 5) is 20.8. The second-order valence-corrected chi connectivity index (χ2v) is 8.47. The van der Waals surface area contributed by atoms with Crippen molar-refractivity contribution in [3.05, 3.63) is 48.5 Å². The third kappa shape index (κ3) is 3.99. The molecule has 2 aromatic heterocycles. The molecule has 0 atom stereocenters. The molecule has 0 aliphatic heterocycles. The molecule has 1 amide bonds. The fraction of sp³-hybridized carbons (Fsp3) is 0.278. The number of nitrogens with zero attached hydrogens (tertiary/aromatic N) is 4. The van der Waals surface area contributed by atoms with E-state index in [1.165, 1.54) is 18.4 Å². The van der Waals surface area contributed by atoms with Gasteiger partial charge in [0.25, 0.3) is 0 Å². The molecule has 27 heavy (non-hydrogen) atoms. The van der Waals surface area contributed by atoms with Gasteiger partial charge in [-0.25, -0.2) is 17.7 Å². The smallest absolute Gasteiger partial charge is 0.242 e. The van der Waals surface area contributed by atoms with Gasteiger partial charge in [0.2, 0.25) is 15.9 Å². The molecule has 0 saturated heterocycles. The lowest BCUT2D eigenvalue weighted by Gasteiger charge is -2.10. The SMILES string of the molecule is CN(C)S(=O)(=O)c1ccc2c(c1)nc(CCC(=O)Nc1cccnc1)n2C. The maximum absolute atomic E-state index is 12.3. The zero-order valence-electron chi connectivity index (χ0n) is 15.4.